The molecule has 72 valence electrons. The van der Waals surface area contributed by atoms with Gasteiger partial charge in [0.05, 0.1) is 0 Å². The first-order valence-electron chi connectivity index (χ1n) is 4.77. The molecule has 1 nitrogen and oxygen atoms in total. The molecule has 1 aromatic rings. The van der Waals surface area contributed by atoms with E-state index >= 15 is 0 Å². The average molecular weight is 177 g/mol. The third-order valence-electron chi connectivity index (χ3n) is 2.37. The van der Waals surface area contributed by atoms with E-state index in [0.717, 1.165) is 5.69 Å². The summed E-state index contributed by atoms with van der Waals surface area (Å²) in [5, 5.41) is 0. The summed E-state index contributed by atoms with van der Waals surface area (Å²) in [5.74, 6) is 0. The van der Waals surface area contributed by atoms with Crippen LogP contribution in [0.1, 0.15) is 43.3 Å². The summed E-state index contributed by atoms with van der Waals surface area (Å²) >= 11 is 0. The maximum Gasteiger partial charge on any atom is 0.0489 e. The lowest BCUT2D eigenvalue weighted by atomic mass is 9.88. The Morgan fingerprint density at radius 1 is 1.00 bits per heavy atom. The third-order valence-corrected chi connectivity index (χ3v) is 2.37. The van der Waals surface area contributed by atoms with Crippen molar-refractivity contribution < 1.29 is 0 Å². The highest BCUT2D eigenvalue weighted by atomic mass is 14.7. The van der Waals surface area contributed by atoms with Crippen molar-refractivity contribution in [2.45, 2.75) is 47.0 Å². The molecule has 0 amide bonds. The quantitative estimate of drug-likeness (QED) is 0.592. The van der Waals surface area contributed by atoms with Crippen LogP contribution in [0.25, 0.3) is 0 Å². The predicted octanol–water partition coefficient (Wildman–Crippen LogP) is 3.30. The fourth-order valence-electron chi connectivity index (χ4n) is 1.60. The zero-order valence-corrected chi connectivity index (χ0v) is 9.52. The molecule has 13 heavy (non-hydrogen) atoms. The van der Waals surface area contributed by atoms with Crippen molar-refractivity contribution in [3.63, 3.8) is 0 Å². The first-order valence-corrected chi connectivity index (χ1v) is 4.77. The second kappa shape index (κ2) is 3.13. The lowest BCUT2D eigenvalue weighted by Gasteiger charge is -2.21. The van der Waals surface area contributed by atoms with Crippen molar-refractivity contribution >= 4 is 0 Å². The van der Waals surface area contributed by atoms with Crippen molar-refractivity contribution in [3.8, 4) is 0 Å². The maximum absolute atomic E-state index is 4.64. The molecule has 0 aliphatic carbocycles. The molecule has 0 atom stereocenters. The average Bonchev–Trinajstić information content (AvgIpc) is 1.94. The fraction of sp³-hybridized carbons (Fsp3) is 0.583. The fourth-order valence-corrected chi connectivity index (χ4v) is 1.60. The molecule has 0 N–H and O–H groups in total. The Bertz CT molecular complexity index is 319. The Labute approximate surface area is 81.2 Å². The topological polar surface area (TPSA) is 12.9 Å². The van der Waals surface area contributed by atoms with E-state index in [1.807, 2.05) is 0 Å². The van der Waals surface area contributed by atoms with E-state index in [4.69, 9.17) is 0 Å². The highest BCUT2D eigenvalue weighted by molar-refractivity contribution is 5.31. The van der Waals surface area contributed by atoms with E-state index in [1.54, 1.807) is 0 Å². The zero-order chi connectivity index (χ0) is 10.2. The highest BCUT2D eigenvalue weighted by Crippen LogP contribution is 2.24. The summed E-state index contributed by atoms with van der Waals surface area (Å²) in [6, 6.07) is 2.23. The van der Waals surface area contributed by atoms with Gasteiger partial charge in [-0.2, -0.15) is 0 Å². The SMILES string of the molecule is Cc1cc(C)c(C(C)(C)C)nc1C. The van der Waals surface area contributed by atoms with E-state index in [2.05, 4.69) is 52.6 Å². The molecule has 0 aliphatic rings. The van der Waals surface area contributed by atoms with Gasteiger partial charge in [0, 0.05) is 16.8 Å². The number of hydrogen-bond donors (Lipinski definition) is 0. The minimum absolute atomic E-state index is 0.155. The molecule has 0 fully saturated rings. The van der Waals surface area contributed by atoms with Crippen molar-refractivity contribution in [3.05, 3.63) is 28.6 Å². The molecule has 1 aromatic heterocycles. The molecule has 1 rings (SSSR count). The van der Waals surface area contributed by atoms with Crippen LogP contribution in [0, 0.1) is 20.8 Å². The van der Waals surface area contributed by atoms with Crippen molar-refractivity contribution in [1.29, 1.82) is 0 Å². The van der Waals surface area contributed by atoms with Gasteiger partial charge in [-0.1, -0.05) is 26.8 Å². The Hall–Kier alpha value is -0.850. The number of rotatable bonds is 0. The van der Waals surface area contributed by atoms with E-state index in [1.165, 1.54) is 16.8 Å². The standard InChI is InChI=1S/C12H19N/c1-8-7-9(2)11(12(4,5)6)13-10(8)3/h7H,1-6H3. The molecule has 1 heteroatoms. The first-order chi connectivity index (χ1) is 5.82. The predicted molar refractivity (Wildman–Crippen MR) is 57.1 cm³/mol. The van der Waals surface area contributed by atoms with Gasteiger partial charge in [0.2, 0.25) is 0 Å². The molecule has 0 saturated carbocycles. The van der Waals surface area contributed by atoms with Crippen LogP contribution in [0.4, 0.5) is 0 Å². The van der Waals surface area contributed by atoms with Gasteiger partial charge in [-0.15, -0.1) is 0 Å². The van der Waals surface area contributed by atoms with Crippen LogP contribution in [0.15, 0.2) is 6.07 Å². The van der Waals surface area contributed by atoms with Gasteiger partial charge >= 0.3 is 0 Å². The molecule has 0 bridgehead atoms. The lowest BCUT2D eigenvalue weighted by Crippen LogP contribution is -2.16. The van der Waals surface area contributed by atoms with Crippen molar-refractivity contribution in [2.24, 2.45) is 0 Å². The van der Waals surface area contributed by atoms with Gasteiger partial charge in [-0.05, 0) is 31.9 Å². The number of nitrogens with zero attached hydrogens (tertiary/aromatic N) is 1. The second-order valence-corrected chi connectivity index (χ2v) is 4.81. The Balaban J connectivity index is 3.32. The Morgan fingerprint density at radius 3 is 2.00 bits per heavy atom. The van der Waals surface area contributed by atoms with Gasteiger partial charge < -0.3 is 0 Å². The first kappa shape index (κ1) is 10.2. The molecule has 0 aliphatic heterocycles. The highest BCUT2D eigenvalue weighted by Gasteiger charge is 2.18. The molecule has 0 saturated heterocycles. The normalized spacial score (nSPS) is 11.8. The van der Waals surface area contributed by atoms with Gasteiger partial charge in [-0.3, -0.25) is 4.98 Å². The smallest absolute Gasteiger partial charge is 0.0489 e. The van der Waals surface area contributed by atoms with E-state index in [9.17, 15) is 0 Å². The molecule has 1 heterocycles. The Morgan fingerprint density at radius 2 is 1.54 bits per heavy atom. The summed E-state index contributed by atoms with van der Waals surface area (Å²) in [6.07, 6.45) is 0. The van der Waals surface area contributed by atoms with Crippen molar-refractivity contribution in [1.82, 2.24) is 4.98 Å². The van der Waals surface area contributed by atoms with Crippen LogP contribution in [0.5, 0.6) is 0 Å². The van der Waals surface area contributed by atoms with E-state index in [0.29, 0.717) is 0 Å². The van der Waals surface area contributed by atoms with E-state index in [-0.39, 0.29) is 5.41 Å². The third kappa shape index (κ3) is 2.09. The van der Waals surface area contributed by atoms with Gasteiger partial charge in [0.15, 0.2) is 0 Å². The van der Waals surface area contributed by atoms with Gasteiger partial charge in [0.25, 0.3) is 0 Å². The molecule has 0 spiro atoms. The number of aryl methyl sites for hydroxylation is 3. The van der Waals surface area contributed by atoms with Crippen LogP contribution in [0.2, 0.25) is 0 Å². The second-order valence-electron chi connectivity index (χ2n) is 4.81. The summed E-state index contributed by atoms with van der Waals surface area (Å²) in [7, 11) is 0. The van der Waals surface area contributed by atoms with Crippen LogP contribution >= 0.6 is 0 Å². The number of pyridine rings is 1. The van der Waals surface area contributed by atoms with Crippen LogP contribution in [-0.2, 0) is 5.41 Å². The monoisotopic (exact) mass is 177 g/mol. The van der Waals surface area contributed by atoms with Crippen LogP contribution in [0.3, 0.4) is 0 Å². The molecular weight excluding hydrogens is 158 g/mol. The zero-order valence-electron chi connectivity index (χ0n) is 9.52. The number of hydrogen-bond acceptors (Lipinski definition) is 1. The van der Waals surface area contributed by atoms with Gasteiger partial charge in [-0.25, -0.2) is 0 Å². The molecular formula is C12H19N. The summed E-state index contributed by atoms with van der Waals surface area (Å²) in [4.78, 5) is 4.64. The minimum atomic E-state index is 0.155. The lowest BCUT2D eigenvalue weighted by molar-refractivity contribution is 0.562. The van der Waals surface area contributed by atoms with Crippen molar-refractivity contribution in [2.75, 3.05) is 0 Å². The largest absolute Gasteiger partial charge is 0.257 e. The summed E-state index contributed by atoms with van der Waals surface area (Å²) in [6.45, 7) is 12.9. The number of aromatic nitrogens is 1. The van der Waals surface area contributed by atoms with Crippen LogP contribution < -0.4 is 0 Å². The van der Waals surface area contributed by atoms with Crippen LogP contribution in [-0.4, -0.2) is 4.98 Å². The maximum atomic E-state index is 4.64. The Kier molecular flexibility index (Phi) is 2.47. The minimum Gasteiger partial charge on any atom is -0.257 e. The van der Waals surface area contributed by atoms with E-state index < -0.39 is 0 Å². The summed E-state index contributed by atoms with van der Waals surface area (Å²) in [5.41, 5.74) is 5.11. The molecule has 0 aromatic carbocycles. The summed E-state index contributed by atoms with van der Waals surface area (Å²) < 4.78 is 0. The van der Waals surface area contributed by atoms with Gasteiger partial charge in [0.1, 0.15) is 0 Å². The molecule has 0 radical (unpaired) electrons. The molecule has 0 unspecified atom stereocenters.